The Morgan fingerprint density at radius 1 is 0.960 bits per heavy atom. The lowest BCUT2D eigenvalue weighted by Gasteiger charge is -2.65. The minimum Gasteiger partial charge on any atom is -0.458 e. The van der Waals surface area contributed by atoms with Gasteiger partial charge >= 0.3 is 5.97 Å². The second-order valence-corrected chi connectivity index (χ2v) is 16.3. The molecule has 14 nitrogen and oxygen atoms in total. The summed E-state index contributed by atoms with van der Waals surface area (Å²) < 4.78 is 35.2. The lowest BCUT2D eigenvalue weighted by Crippen LogP contribution is -2.69. The highest BCUT2D eigenvalue weighted by molar-refractivity contribution is 5.85. The van der Waals surface area contributed by atoms with Crippen LogP contribution >= 0.6 is 0 Å². The number of cyclic esters (lactones) is 1. The Morgan fingerprint density at radius 2 is 1.72 bits per heavy atom. The Bertz CT molecular complexity index is 1330. The van der Waals surface area contributed by atoms with Crippen molar-refractivity contribution in [3.8, 4) is 0 Å². The molecule has 4 saturated carbocycles. The number of aliphatic hydroxyl groups is 6. The van der Waals surface area contributed by atoms with Crippen LogP contribution in [0, 0.1) is 28.6 Å². The Kier molecular flexibility index (Phi) is 9.84. The van der Waals surface area contributed by atoms with Gasteiger partial charge in [-0.05, 0) is 81.6 Å². The van der Waals surface area contributed by atoms with Gasteiger partial charge < -0.3 is 63.9 Å². The average molecular weight is 711 g/mol. The molecular formula is C36H54O14. The highest BCUT2D eigenvalue weighted by Crippen LogP contribution is 2.70. The van der Waals surface area contributed by atoms with Gasteiger partial charge in [0.25, 0.3) is 0 Å². The first kappa shape index (κ1) is 36.8. The smallest absolute Gasteiger partial charge is 0.331 e. The fraction of sp³-hybridized carbons (Fsp3) is 0.889. The number of aliphatic hydroxyl groups excluding tert-OH is 4. The maximum Gasteiger partial charge on any atom is 0.331 e. The van der Waals surface area contributed by atoms with Gasteiger partial charge in [0.2, 0.25) is 0 Å². The fourth-order valence-corrected chi connectivity index (χ4v) is 11.5. The molecule has 2 saturated heterocycles. The van der Waals surface area contributed by atoms with Crippen molar-refractivity contribution >= 4 is 12.3 Å². The quantitative estimate of drug-likeness (QED) is 0.113. The van der Waals surface area contributed by atoms with E-state index in [1.165, 1.54) is 7.11 Å². The number of ether oxygens (including phenoxy) is 6. The number of aldehydes is 1. The van der Waals surface area contributed by atoms with E-state index < -0.39 is 90.1 Å². The molecule has 14 heteroatoms. The van der Waals surface area contributed by atoms with Crippen LogP contribution in [0.1, 0.15) is 78.1 Å². The molecule has 7 aliphatic rings. The Balaban J connectivity index is 1.01. The van der Waals surface area contributed by atoms with Gasteiger partial charge in [-0.25, -0.2) is 4.79 Å². The number of hydrogen-bond donors (Lipinski definition) is 6. The molecule has 0 aromatic carbocycles. The highest BCUT2D eigenvalue weighted by Gasteiger charge is 2.71. The van der Waals surface area contributed by atoms with Crippen LogP contribution in [-0.2, 0) is 38.0 Å². The number of hydrogen-bond acceptors (Lipinski definition) is 14. The molecule has 0 amide bonds. The number of fused-ring (bicyclic) bond motifs is 5. The van der Waals surface area contributed by atoms with Gasteiger partial charge in [0.1, 0.15) is 43.4 Å². The molecule has 0 unspecified atom stereocenters. The first-order valence-electron chi connectivity index (χ1n) is 18.3. The predicted molar refractivity (Wildman–Crippen MR) is 171 cm³/mol. The van der Waals surface area contributed by atoms with Crippen LogP contribution in [0.3, 0.4) is 0 Å². The second kappa shape index (κ2) is 13.4. The summed E-state index contributed by atoms with van der Waals surface area (Å²) in [4.78, 5) is 25.1. The zero-order valence-corrected chi connectivity index (χ0v) is 29.1. The molecule has 4 aliphatic carbocycles. The minimum absolute atomic E-state index is 0.0352. The maximum atomic E-state index is 13.2. The molecule has 6 N–H and O–H groups in total. The molecule has 3 aliphatic heterocycles. The lowest BCUT2D eigenvalue weighted by atomic mass is 9.41. The van der Waals surface area contributed by atoms with E-state index in [2.05, 4.69) is 6.92 Å². The monoisotopic (exact) mass is 710 g/mol. The maximum absolute atomic E-state index is 13.2. The normalized spacial score (nSPS) is 53.5. The Hall–Kier alpha value is -1.56. The molecule has 0 spiro atoms. The van der Waals surface area contributed by atoms with Crippen molar-refractivity contribution in [3.63, 3.8) is 0 Å². The molecule has 0 radical (unpaired) electrons. The first-order valence-corrected chi connectivity index (χ1v) is 18.3. The molecule has 282 valence electrons. The van der Waals surface area contributed by atoms with Gasteiger partial charge in [-0.1, -0.05) is 6.92 Å². The van der Waals surface area contributed by atoms with E-state index in [0.29, 0.717) is 44.9 Å². The van der Waals surface area contributed by atoms with Crippen molar-refractivity contribution in [2.45, 2.75) is 151 Å². The van der Waals surface area contributed by atoms with Gasteiger partial charge in [-0.3, -0.25) is 0 Å². The molecule has 50 heavy (non-hydrogen) atoms. The number of carbonyl (C=O) groups excluding carboxylic acids is 2. The van der Waals surface area contributed by atoms with E-state index in [-0.39, 0.29) is 43.2 Å². The zero-order valence-electron chi connectivity index (χ0n) is 29.1. The van der Waals surface area contributed by atoms with Crippen LogP contribution in [0.15, 0.2) is 11.6 Å². The standard InChI is InChI=1S/C36H54O14/c1-18-31(50-32-30(42)29(41)28(40)25(15-37)49-32)24(45-3)13-27(47-18)48-20-4-9-34(17-38)22-5-8-33(2)21(19-12-26(39)46-16-19)7-11-36(33,44)23(22)6-10-35(34,43)14-20/h12,17-18,20-25,27-32,37,40-44H,4-11,13-16H2,1-3H3/t18-,20-,21+,22-,23+,24-,25+,27+,28+,29-,30+,31-,32-,33-,34+,35+,36-/m1/s1. The first-order chi connectivity index (χ1) is 23.7. The van der Waals surface area contributed by atoms with E-state index in [1.54, 1.807) is 13.0 Å². The van der Waals surface area contributed by atoms with Gasteiger partial charge in [0.15, 0.2) is 12.6 Å². The van der Waals surface area contributed by atoms with Gasteiger partial charge in [-0.15, -0.1) is 0 Å². The summed E-state index contributed by atoms with van der Waals surface area (Å²) in [6, 6.07) is 0. The van der Waals surface area contributed by atoms with Crippen molar-refractivity contribution in [3.05, 3.63) is 11.6 Å². The summed E-state index contributed by atoms with van der Waals surface area (Å²) in [5, 5.41) is 65.3. The molecule has 0 aromatic rings. The van der Waals surface area contributed by atoms with Gasteiger partial charge in [-0.2, -0.15) is 0 Å². The Morgan fingerprint density at radius 3 is 2.40 bits per heavy atom. The fourth-order valence-electron chi connectivity index (χ4n) is 11.5. The van der Waals surface area contributed by atoms with Crippen LogP contribution in [0.4, 0.5) is 0 Å². The topological polar surface area (TPSA) is 211 Å². The number of esters is 1. The molecule has 0 bridgehead atoms. The van der Waals surface area contributed by atoms with E-state index in [0.717, 1.165) is 18.3 Å². The molecule has 3 heterocycles. The van der Waals surface area contributed by atoms with Crippen LogP contribution in [0.5, 0.6) is 0 Å². The van der Waals surface area contributed by atoms with Gasteiger partial charge in [0.05, 0.1) is 41.5 Å². The van der Waals surface area contributed by atoms with Crippen molar-refractivity contribution < 1.29 is 68.6 Å². The average Bonchev–Trinajstić information content (AvgIpc) is 3.64. The summed E-state index contributed by atoms with van der Waals surface area (Å²) in [7, 11) is 1.51. The summed E-state index contributed by atoms with van der Waals surface area (Å²) in [6.07, 6.45) is -2.52. The molecule has 7 rings (SSSR count). The summed E-state index contributed by atoms with van der Waals surface area (Å²) in [5.74, 6) is -0.635. The second-order valence-electron chi connectivity index (χ2n) is 16.3. The third-order valence-electron chi connectivity index (χ3n) is 14.2. The molecular weight excluding hydrogens is 656 g/mol. The number of carbonyl (C=O) groups is 2. The minimum atomic E-state index is -1.58. The summed E-state index contributed by atoms with van der Waals surface area (Å²) >= 11 is 0. The molecule has 6 fully saturated rings. The van der Waals surface area contributed by atoms with E-state index in [9.17, 15) is 40.2 Å². The predicted octanol–water partition coefficient (Wildman–Crippen LogP) is 0.258. The van der Waals surface area contributed by atoms with Crippen molar-refractivity contribution in [2.75, 3.05) is 20.3 Å². The summed E-state index contributed by atoms with van der Waals surface area (Å²) in [6.45, 7) is 3.57. The van der Waals surface area contributed by atoms with Gasteiger partial charge in [0, 0.05) is 31.4 Å². The third-order valence-corrected chi connectivity index (χ3v) is 14.2. The van der Waals surface area contributed by atoms with Crippen LogP contribution < -0.4 is 0 Å². The van der Waals surface area contributed by atoms with E-state index in [4.69, 9.17) is 28.4 Å². The Labute approximate surface area is 292 Å². The highest BCUT2D eigenvalue weighted by atomic mass is 16.7. The molecule has 0 aromatic heterocycles. The number of rotatable bonds is 8. The lowest BCUT2D eigenvalue weighted by molar-refractivity contribution is -0.346. The summed E-state index contributed by atoms with van der Waals surface area (Å²) in [5.41, 5.74) is -2.86. The SMILES string of the molecule is CO[C@@H]1C[C@H](O[C@@H]2CC[C@]3(C=O)[C@@H]4CC[C@]5(C)[C@H](C6=CC(=O)OC6)CC[C@@]5(O)[C@H]4CC[C@]3(O)C2)O[C@H](C)[C@H]1O[C@H]1O[C@@H](CO)[C@H](O)[C@@H](O)[C@@H]1O. The van der Waals surface area contributed by atoms with E-state index in [1.807, 2.05) is 0 Å². The zero-order chi connectivity index (χ0) is 35.8. The molecule has 17 atom stereocenters. The van der Waals surface area contributed by atoms with Crippen molar-refractivity contribution in [2.24, 2.45) is 28.6 Å². The van der Waals surface area contributed by atoms with Crippen LogP contribution in [0.2, 0.25) is 0 Å². The van der Waals surface area contributed by atoms with E-state index >= 15 is 0 Å². The largest absolute Gasteiger partial charge is 0.458 e. The van der Waals surface area contributed by atoms with Crippen LogP contribution in [-0.4, -0.2) is 136 Å². The van der Waals surface area contributed by atoms with Crippen LogP contribution in [0.25, 0.3) is 0 Å². The van der Waals surface area contributed by atoms with Crippen molar-refractivity contribution in [1.29, 1.82) is 0 Å². The third kappa shape index (κ3) is 5.55. The van der Waals surface area contributed by atoms with Crippen molar-refractivity contribution in [1.82, 2.24) is 0 Å². The number of methoxy groups -OCH3 is 1.